The van der Waals surface area contributed by atoms with Gasteiger partial charge in [-0.3, -0.25) is 0 Å². The number of hydrogen-bond acceptors (Lipinski definition) is 4. The molecule has 0 unspecified atom stereocenters. The number of benzene rings is 1. The average molecular weight is 241 g/mol. The molecule has 0 amide bonds. The first-order chi connectivity index (χ1) is 7.22. The van der Waals surface area contributed by atoms with Crippen LogP contribution in [0.4, 0.5) is 5.69 Å². The zero-order chi connectivity index (χ0) is 11.1. The van der Waals surface area contributed by atoms with Crippen molar-refractivity contribution in [3.05, 3.63) is 30.3 Å². The molecular weight excluding hydrogens is 226 g/mol. The lowest BCUT2D eigenvalue weighted by Crippen LogP contribution is -1.94. The molecule has 0 aliphatic heterocycles. The quantitative estimate of drug-likeness (QED) is 0.451. The van der Waals surface area contributed by atoms with E-state index in [1.165, 1.54) is 0 Å². The van der Waals surface area contributed by atoms with Crippen molar-refractivity contribution >= 4 is 32.5 Å². The van der Waals surface area contributed by atoms with Crippen molar-refractivity contribution in [2.45, 2.75) is 19.1 Å². The Labute approximate surface area is 98.9 Å². The predicted octanol–water partition coefficient (Wildman–Crippen LogP) is 4.11. The van der Waals surface area contributed by atoms with Crippen LogP contribution >= 0.6 is 21.6 Å². The summed E-state index contributed by atoms with van der Waals surface area (Å²) in [7, 11) is 4.96. The van der Waals surface area contributed by atoms with Gasteiger partial charge >= 0.3 is 0 Å². The van der Waals surface area contributed by atoms with E-state index in [2.05, 4.69) is 18.8 Å². The van der Waals surface area contributed by atoms with E-state index >= 15 is 0 Å². The van der Waals surface area contributed by atoms with E-state index in [0.29, 0.717) is 10.5 Å². The summed E-state index contributed by atoms with van der Waals surface area (Å²) in [5, 5.41) is 1.26. The largest absolute Gasteiger partial charge is 0.476 e. The summed E-state index contributed by atoms with van der Waals surface area (Å²) in [6.45, 7) is 4.29. The number of nitrogens with zero attached hydrogens (tertiary/aromatic N) is 1. The summed E-state index contributed by atoms with van der Waals surface area (Å²) in [6.07, 6.45) is 0. The molecule has 1 aromatic carbocycles. The first-order valence-electron chi connectivity index (χ1n) is 4.73. The van der Waals surface area contributed by atoms with Gasteiger partial charge in [-0.1, -0.05) is 42.8 Å². The second kappa shape index (κ2) is 6.80. The summed E-state index contributed by atoms with van der Waals surface area (Å²) in [6, 6.07) is 9.82. The van der Waals surface area contributed by atoms with Crippen molar-refractivity contribution in [2.75, 3.05) is 7.11 Å². The zero-order valence-corrected chi connectivity index (χ0v) is 10.8. The molecule has 0 spiro atoms. The van der Waals surface area contributed by atoms with E-state index in [-0.39, 0.29) is 0 Å². The van der Waals surface area contributed by atoms with Crippen LogP contribution in [0.2, 0.25) is 0 Å². The van der Waals surface area contributed by atoms with E-state index in [1.807, 2.05) is 30.3 Å². The Hall–Kier alpha value is -0.610. The zero-order valence-electron chi connectivity index (χ0n) is 9.14. The van der Waals surface area contributed by atoms with Crippen molar-refractivity contribution in [1.82, 2.24) is 0 Å². The van der Waals surface area contributed by atoms with Gasteiger partial charge in [-0.25, -0.2) is 4.99 Å². The molecule has 82 valence electrons. The van der Waals surface area contributed by atoms with Crippen molar-refractivity contribution in [1.29, 1.82) is 0 Å². The van der Waals surface area contributed by atoms with Crippen LogP contribution < -0.4 is 0 Å². The van der Waals surface area contributed by atoms with Gasteiger partial charge in [-0.15, -0.1) is 0 Å². The fourth-order valence-corrected chi connectivity index (χ4v) is 2.47. The van der Waals surface area contributed by atoms with Crippen LogP contribution in [0.25, 0.3) is 0 Å². The summed E-state index contributed by atoms with van der Waals surface area (Å²) >= 11 is 0. The Morgan fingerprint density at radius 3 is 2.47 bits per heavy atom. The molecular formula is C11H15NOS2. The summed E-state index contributed by atoms with van der Waals surface area (Å²) in [5.41, 5.74) is 0.922. The van der Waals surface area contributed by atoms with Gasteiger partial charge in [0.1, 0.15) is 0 Å². The van der Waals surface area contributed by atoms with E-state index < -0.39 is 0 Å². The standard InChI is InChI=1S/C11H15NOS2/c1-9(2)14-15-11(13-3)12-10-7-5-4-6-8-10/h4-9H,1-3H3. The minimum Gasteiger partial charge on any atom is -0.476 e. The van der Waals surface area contributed by atoms with Gasteiger partial charge in [-0.05, 0) is 12.1 Å². The van der Waals surface area contributed by atoms with Crippen LogP contribution in [-0.4, -0.2) is 17.6 Å². The number of ether oxygens (including phenoxy) is 1. The Balaban J connectivity index is 2.62. The van der Waals surface area contributed by atoms with Crippen LogP contribution in [0.5, 0.6) is 0 Å². The normalized spacial score (nSPS) is 11.9. The van der Waals surface area contributed by atoms with Crippen LogP contribution in [0.15, 0.2) is 35.3 Å². The second-order valence-corrected chi connectivity index (χ2v) is 5.87. The first-order valence-corrected chi connectivity index (χ1v) is 6.94. The molecule has 0 N–H and O–H groups in total. The molecule has 4 heteroatoms. The van der Waals surface area contributed by atoms with Crippen LogP contribution in [-0.2, 0) is 4.74 Å². The lowest BCUT2D eigenvalue weighted by atomic mass is 10.3. The van der Waals surface area contributed by atoms with Crippen molar-refractivity contribution in [3.8, 4) is 0 Å². The lowest BCUT2D eigenvalue weighted by molar-refractivity contribution is 0.417. The number of rotatable bonds is 3. The molecule has 0 fully saturated rings. The molecule has 0 radical (unpaired) electrons. The number of hydrogen-bond donors (Lipinski definition) is 0. The van der Waals surface area contributed by atoms with Crippen LogP contribution in [0, 0.1) is 0 Å². The maximum absolute atomic E-state index is 5.20. The summed E-state index contributed by atoms with van der Waals surface area (Å²) in [4.78, 5) is 4.39. The highest BCUT2D eigenvalue weighted by molar-refractivity contribution is 8.82. The first kappa shape index (κ1) is 12.5. The predicted molar refractivity (Wildman–Crippen MR) is 70.9 cm³/mol. The maximum atomic E-state index is 5.20. The Kier molecular flexibility index (Phi) is 5.65. The fraction of sp³-hybridized carbons (Fsp3) is 0.364. The molecule has 0 heterocycles. The smallest absolute Gasteiger partial charge is 0.261 e. The topological polar surface area (TPSA) is 21.6 Å². The minimum atomic E-state index is 0.561. The summed E-state index contributed by atoms with van der Waals surface area (Å²) < 4.78 is 5.20. The molecule has 1 aromatic rings. The van der Waals surface area contributed by atoms with Gasteiger partial charge in [0.2, 0.25) is 0 Å². The number of methoxy groups -OCH3 is 1. The van der Waals surface area contributed by atoms with Crippen molar-refractivity contribution in [2.24, 2.45) is 4.99 Å². The van der Waals surface area contributed by atoms with E-state index in [1.54, 1.807) is 28.7 Å². The highest BCUT2D eigenvalue weighted by atomic mass is 33.1. The van der Waals surface area contributed by atoms with E-state index in [9.17, 15) is 0 Å². The Morgan fingerprint density at radius 1 is 1.27 bits per heavy atom. The third kappa shape index (κ3) is 5.14. The lowest BCUT2D eigenvalue weighted by Gasteiger charge is -2.05. The van der Waals surface area contributed by atoms with Crippen molar-refractivity contribution < 1.29 is 4.74 Å². The highest BCUT2D eigenvalue weighted by Crippen LogP contribution is 2.29. The SMILES string of the molecule is COC(=Nc1ccccc1)SSC(C)C. The number of aliphatic imine (C=N–C) groups is 1. The molecule has 0 bridgehead atoms. The van der Waals surface area contributed by atoms with Gasteiger partial charge in [0.05, 0.1) is 12.8 Å². The molecule has 0 saturated heterocycles. The Bertz CT molecular complexity index is 312. The van der Waals surface area contributed by atoms with Gasteiger partial charge < -0.3 is 4.74 Å². The molecule has 0 aliphatic carbocycles. The molecule has 2 nitrogen and oxygen atoms in total. The fourth-order valence-electron chi connectivity index (χ4n) is 0.844. The van der Waals surface area contributed by atoms with Crippen LogP contribution in [0.1, 0.15) is 13.8 Å². The minimum absolute atomic E-state index is 0.561. The highest BCUT2D eigenvalue weighted by Gasteiger charge is 2.03. The van der Waals surface area contributed by atoms with E-state index in [0.717, 1.165) is 5.69 Å². The summed E-state index contributed by atoms with van der Waals surface area (Å²) in [5.74, 6) is 0. The molecule has 0 atom stereocenters. The molecule has 0 aliphatic rings. The third-order valence-electron chi connectivity index (χ3n) is 1.46. The van der Waals surface area contributed by atoms with Gasteiger partial charge in [0, 0.05) is 16.0 Å². The third-order valence-corrected chi connectivity index (χ3v) is 4.22. The molecule has 15 heavy (non-hydrogen) atoms. The maximum Gasteiger partial charge on any atom is 0.261 e. The Morgan fingerprint density at radius 2 is 1.93 bits per heavy atom. The monoisotopic (exact) mass is 241 g/mol. The van der Waals surface area contributed by atoms with Gasteiger partial charge in [0.15, 0.2) is 0 Å². The van der Waals surface area contributed by atoms with Gasteiger partial charge in [0.25, 0.3) is 5.23 Å². The van der Waals surface area contributed by atoms with Gasteiger partial charge in [-0.2, -0.15) is 0 Å². The number of para-hydroxylation sites is 1. The average Bonchev–Trinajstić information content (AvgIpc) is 2.25. The van der Waals surface area contributed by atoms with E-state index in [4.69, 9.17) is 4.74 Å². The molecule has 0 saturated carbocycles. The molecule has 0 aromatic heterocycles. The molecule has 1 rings (SSSR count). The van der Waals surface area contributed by atoms with Crippen molar-refractivity contribution in [3.63, 3.8) is 0 Å². The van der Waals surface area contributed by atoms with Crippen LogP contribution in [0.3, 0.4) is 0 Å². The second-order valence-electron chi connectivity index (χ2n) is 3.15.